The third-order valence-corrected chi connectivity index (χ3v) is 13.7. The maximum Gasteiger partial charge on any atom is 0.337 e. The summed E-state index contributed by atoms with van der Waals surface area (Å²) in [6.45, 7) is -12.7. The average Bonchev–Trinajstić information content (AvgIpc) is 1.49. The van der Waals surface area contributed by atoms with Crippen LogP contribution in [0, 0.1) is 0 Å². The van der Waals surface area contributed by atoms with Crippen molar-refractivity contribution in [2.75, 3.05) is 135 Å². The number of hydrogen-bond acceptors (Lipinski definition) is 16. The van der Waals surface area contributed by atoms with E-state index >= 15 is 0 Å². The molecule has 0 atom stereocenters. The lowest BCUT2D eigenvalue weighted by Gasteiger charge is -2.32. The highest BCUT2D eigenvalue weighted by Gasteiger charge is 2.39. The van der Waals surface area contributed by atoms with Gasteiger partial charge in [0.25, 0.3) is 5.91 Å². The van der Waals surface area contributed by atoms with Crippen LogP contribution in [0.1, 0.15) is 78.7 Å². The number of amides is 4. The Morgan fingerprint density at radius 1 is 0.663 bits per heavy atom. The number of hydrogen-bond donors (Lipinski definition) is 3. The van der Waals surface area contributed by atoms with E-state index in [1.54, 1.807) is 54.6 Å². The largest absolute Gasteiger partial charge is 0.494 e. The van der Waals surface area contributed by atoms with Crippen LogP contribution in [0.25, 0.3) is 22.2 Å². The molecular weight excluding hydrogens is 1090 g/mol. The molecule has 0 unspecified atom stereocenters. The van der Waals surface area contributed by atoms with Gasteiger partial charge in [-0.25, -0.2) is 19.5 Å². The molecule has 7 aromatic rings. The number of anilines is 4. The van der Waals surface area contributed by atoms with Crippen molar-refractivity contribution in [1.29, 1.82) is 0 Å². The first-order valence-electron chi connectivity index (χ1n) is 35.0. The van der Waals surface area contributed by atoms with E-state index in [0.717, 1.165) is 20.3 Å². The van der Waals surface area contributed by atoms with E-state index in [9.17, 15) is 33.9 Å². The monoisotopic (exact) mass is 1180 g/mol. The Bertz CT molecular complexity index is 4270. The number of nitrogens with one attached hydrogen (secondary N) is 1. The molecule has 0 spiro atoms. The van der Waals surface area contributed by atoms with Crippen LogP contribution < -0.4 is 20.4 Å². The van der Waals surface area contributed by atoms with Crippen molar-refractivity contribution < 1.29 is 70.0 Å². The second-order valence-corrected chi connectivity index (χ2v) is 19.4. The Labute approximate surface area is 523 Å². The van der Waals surface area contributed by atoms with Crippen molar-refractivity contribution >= 4 is 92.0 Å². The molecule has 0 radical (unpaired) electrons. The number of piperazine rings is 2. The number of aliphatic imine (C=N–C) groups is 1. The lowest BCUT2D eigenvalue weighted by molar-refractivity contribution is -0.122. The molecule has 0 bridgehead atoms. The number of H-pyrrole nitrogens is 1. The molecule has 4 N–H and O–H groups in total. The van der Waals surface area contributed by atoms with Gasteiger partial charge in [0.05, 0.1) is 78.7 Å². The smallest absolute Gasteiger partial charge is 0.337 e. The number of aromatic nitrogens is 1. The standard InChI is InChI=1S/C31H33N5O4.C21H19NO5.C14H22N4O/c1-34-15-17-36(18-16-34)20-27(37)35(2)24-12-10-23(11-13-24)32-29(21-7-5-4-6-8-21)28-25-14-9-22(31(39)40-3)19-26(25)33-30(28)38;1-4-27-19(14-8-6-5-7-9-14)18-16-11-10-15(21(25)26-3)12-17(16)22(13(2)23)20(18)24;1-16-7-9-18(10-8-16)11-14(19)17(2)13-5-3-12(15)4-6-13/h4-14,19,33,38H,15-18,20H2,1-3H3;5-12H,4H2,1-3H3;3-6H,7-11,15H2,1-2H3/b;19-18-;/i1D3,2D3,20D2;;1D3,2D3,11D2. The summed E-state index contributed by atoms with van der Waals surface area (Å²) in [6.07, 6.45) is 0. The van der Waals surface area contributed by atoms with Crippen molar-refractivity contribution in [1.82, 2.24) is 24.6 Å². The summed E-state index contributed by atoms with van der Waals surface area (Å²) in [5.41, 5.74) is 10.5. The number of aromatic amines is 1. The number of nitrogens with zero attached hydrogens (tertiary/aromatic N) is 8. The van der Waals surface area contributed by atoms with E-state index in [2.05, 4.69) is 4.98 Å². The number of imide groups is 1. The summed E-state index contributed by atoms with van der Waals surface area (Å²) in [7, 11) is 2.54. The van der Waals surface area contributed by atoms with Crippen LogP contribution in [-0.2, 0) is 33.4 Å². The van der Waals surface area contributed by atoms with Gasteiger partial charge in [0.1, 0.15) is 5.76 Å². The maximum absolute atomic E-state index is 13.6. The number of ether oxygens (including phenoxy) is 3. The summed E-state index contributed by atoms with van der Waals surface area (Å²) in [5, 5.41) is 11.6. The van der Waals surface area contributed by atoms with Crippen LogP contribution >= 0.6 is 0 Å². The Morgan fingerprint density at radius 2 is 1.17 bits per heavy atom. The highest BCUT2D eigenvalue weighted by Crippen LogP contribution is 2.42. The predicted octanol–water partition coefficient (Wildman–Crippen LogP) is 7.79. The quantitative estimate of drug-likeness (QED) is 0.0311. The number of esters is 2. The Balaban J connectivity index is 0.000000209. The van der Waals surface area contributed by atoms with Crippen LogP contribution in [0.15, 0.2) is 151 Å². The van der Waals surface area contributed by atoms with Gasteiger partial charge in [-0.05, 0) is 93.7 Å². The number of aromatic hydroxyl groups is 1. The first-order valence-corrected chi connectivity index (χ1v) is 27.0. The van der Waals surface area contributed by atoms with Crippen molar-refractivity contribution in [2.24, 2.45) is 4.99 Å². The molecule has 4 amide bonds. The highest BCUT2D eigenvalue weighted by atomic mass is 16.5. The van der Waals surface area contributed by atoms with E-state index in [4.69, 9.17) is 46.9 Å². The SMILES string of the molecule is CCO/C(=C1\C(=O)N(C(C)=O)c2cc(C(=O)OC)ccc21)c1ccccc1.[2H]C([2H])([2H])N1CCN(C([2H])([2H])C(=O)N(c2ccc(N)cc2)C([2H])([2H])[2H])CC1.[2H]C([2H])([2H])N1CCN(C([2H])([2H])C(=O)N(c2ccc(N=C(c3ccccc3)c3c(O)[nH]c4cc(C(=O)OC)ccc34)cc2)C([2H])([2H])[2H])CC1. The van der Waals surface area contributed by atoms with Gasteiger partial charge < -0.3 is 49.6 Å². The van der Waals surface area contributed by atoms with Crippen LogP contribution in [0.3, 0.4) is 0 Å². The van der Waals surface area contributed by atoms with Gasteiger partial charge in [-0.15, -0.1) is 0 Å². The zero-order valence-electron chi connectivity index (χ0n) is 63.5. The first-order chi connectivity index (χ1) is 47.7. The molecule has 448 valence electrons. The second-order valence-electron chi connectivity index (χ2n) is 19.4. The molecule has 86 heavy (non-hydrogen) atoms. The van der Waals surface area contributed by atoms with Gasteiger partial charge >= 0.3 is 11.9 Å². The third kappa shape index (κ3) is 15.1. The number of likely N-dealkylation sites (N-methyl/N-ethyl adjacent to an activating group) is 4. The van der Waals surface area contributed by atoms with E-state index in [0.29, 0.717) is 78.1 Å². The summed E-state index contributed by atoms with van der Waals surface area (Å²) in [4.78, 5) is 89.9. The number of benzene rings is 6. The van der Waals surface area contributed by atoms with Crippen molar-refractivity contribution in [3.05, 3.63) is 179 Å². The van der Waals surface area contributed by atoms with E-state index in [-0.39, 0.29) is 80.7 Å². The number of nitrogens with two attached hydrogens (primary N) is 1. The number of carbonyl (C=O) groups excluding carboxylic acids is 6. The lowest BCUT2D eigenvalue weighted by atomic mass is 10.00. The Kier molecular flexibility index (Phi) is 14.8. The van der Waals surface area contributed by atoms with Gasteiger partial charge in [0, 0.05) is 134 Å². The average molecular weight is 1180 g/mol. The molecule has 0 aliphatic carbocycles. The molecule has 10 rings (SSSR count). The van der Waals surface area contributed by atoms with Crippen LogP contribution in [0.4, 0.5) is 28.4 Å². The zero-order chi connectivity index (χ0) is 75.2. The van der Waals surface area contributed by atoms with Crippen LogP contribution in [0.5, 0.6) is 5.88 Å². The van der Waals surface area contributed by atoms with Gasteiger partial charge in [-0.2, -0.15) is 0 Å². The molecule has 2 saturated heterocycles. The first kappa shape index (κ1) is 44.1. The molecular formula is C66H74N10O10. The molecule has 20 heteroatoms. The fourth-order valence-electron chi connectivity index (χ4n) is 9.27. The number of rotatable bonds is 14. The molecule has 0 saturated carbocycles. The van der Waals surface area contributed by atoms with Crippen LogP contribution in [0.2, 0.25) is 0 Å². The van der Waals surface area contributed by atoms with E-state index in [1.807, 2.05) is 43.3 Å². The normalized spacial score (nSPS) is 19.0. The van der Waals surface area contributed by atoms with E-state index < -0.39 is 76.5 Å². The molecule has 6 aromatic carbocycles. The molecule has 3 aliphatic heterocycles. The molecule has 20 nitrogen and oxygen atoms in total. The maximum atomic E-state index is 13.6. The number of fused-ring (bicyclic) bond motifs is 2. The second kappa shape index (κ2) is 28.9. The summed E-state index contributed by atoms with van der Waals surface area (Å²) in [5.74, 6) is -4.37. The number of methoxy groups -OCH3 is 2. The molecule has 2 fully saturated rings. The van der Waals surface area contributed by atoms with Crippen molar-refractivity contribution in [3.8, 4) is 5.88 Å². The van der Waals surface area contributed by atoms with Crippen molar-refractivity contribution in [2.45, 2.75) is 13.8 Å². The lowest BCUT2D eigenvalue weighted by Crippen LogP contribution is -2.48. The Hall–Kier alpha value is -9.47. The van der Waals surface area contributed by atoms with Crippen molar-refractivity contribution in [3.63, 3.8) is 0 Å². The minimum atomic E-state index is -3.05. The van der Waals surface area contributed by atoms with Crippen LogP contribution in [-0.4, -0.2) is 185 Å². The Morgan fingerprint density at radius 3 is 1.67 bits per heavy atom. The number of nitrogen functional groups attached to an aromatic ring is 1. The molecule has 1 aromatic heterocycles. The zero-order valence-corrected chi connectivity index (χ0v) is 47.5. The minimum Gasteiger partial charge on any atom is -0.494 e. The summed E-state index contributed by atoms with van der Waals surface area (Å²) < 4.78 is 141. The fraction of sp³-hybridized carbons (Fsp3) is 0.288. The summed E-state index contributed by atoms with van der Waals surface area (Å²) in [6, 6.07) is 38.8. The third-order valence-electron chi connectivity index (χ3n) is 13.7. The topological polar surface area (TPSA) is 227 Å². The minimum absolute atomic E-state index is 0.000738. The molecule has 4 heterocycles. The number of carbonyl (C=O) groups is 6. The van der Waals surface area contributed by atoms with Gasteiger partial charge in [0.15, 0.2) is 5.88 Å². The summed E-state index contributed by atoms with van der Waals surface area (Å²) >= 11 is 0. The highest BCUT2D eigenvalue weighted by molar-refractivity contribution is 6.43. The predicted molar refractivity (Wildman–Crippen MR) is 336 cm³/mol. The van der Waals surface area contributed by atoms with E-state index in [1.165, 1.54) is 85.5 Å². The van der Waals surface area contributed by atoms with Gasteiger partial charge in [-0.3, -0.25) is 29.0 Å². The van der Waals surface area contributed by atoms with Gasteiger partial charge in [-0.1, -0.05) is 72.8 Å². The fourth-order valence-corrected chi connectivity index (χ4v) is 9.27. The molecule has 3 aliphatic rings. The van der Waals surface area contributed by atoms with Gasteiger partial charge in [0.2, 0.25) is 17.7 Å².